The molecule has 1 unspecified atom stereocenters. The number of benzene rings is 3. The van der Waals surface area contributed by atoms with Gasteiger partial charge in [-0.15, -0.1) is 0 Å². The number of hydrogen-bond donors (Lipinski definition) is 2. The fraction of sp³-hybridized carbons (Fsp3) is 0.250. The number of rotatable bonds is 10. The average molecular weight is 492 g/mol. The molecule has 0 aromatic heterocycles. The zero-order chi connectivity index (χ0) is 26.1. The average Bonchev–Trinajstić information content (AvgIpc) is 2.87. The number of methoxy groups -OCH3 is 1. The van der Waals surface area contributed by atoms with Gasteiger partial charge in [-0.2, -0.15) is 5.10 Å². The highest BCUT2D eigenvalue weighted by Crippen LogP contribution is 2.28. The van der Waals surface area contributed by atoms with Gasteiger partial charge >= 0.3 is 0 Å². The van der Waals surface area contributed by atoms with Crippen LogP contribution in [0.1, 0.15) is 40.9 Å². The molecular formula is C28H30FN3O4. The van der Waals surface area contributed by atoms with Gasteiger partial charge in [0.1, 0.15) is 18.5 Å². The number of ether oxygens (including phenoxy) is 2. The van der Waals surface area contributed by atoms with Crippen LogP contribution in [0, 0.1) is 18.7 Å². The Balaban J connectivity index is 1.60. The van der Waals surface area contributed by atoms with Crippen LogP contribution >= 0.6 is 0 Å². The highest BCUT2D eigenvalue weighted by Gasteiger charge is 2.24. The molecule has 3 aromatic rings. The number of halogens is 1. The molecule has 0 saturated heterocycles. The Labute approximate surface area is 210 Å². The molecule has 2 amide bonds. The normalized spacial score (nSPS) is 11.8. The summed E-state index contributed by atoms with van der Waals surface area (Å²) in [6.45, 7) is 6.04. The Morgan fingerprint density at radius 1 is 1.00 bits per heavy atom. The molecule has 0 fully saturated rings. The molecule has 1 atom stereocenters. The van der Waals surface area contributed by atoms with Gasteiger partial charge in [0.25, 0.3) is 11.8 Å². The molecule has 0 aliphatic heterocycles. The summed E-state index contributed by atoms with van der Waals surface area (Å²) in [5, 5.41) is 6.69. The van der Waals surface area contributed by atoms with E-state index in [-0.39, 0.29) is 11.5 Å². The largest absolute Gasteiger partial charge is 0.493 e. The molecule has 8 heteroatoms. The van der Waals surface area contributed by atoms with E-state index in [1.165, 1.54) is 36.0 Å². The van der Waals surface area contributed by atoms with Crippen LogP contribution in [0.4, 0.5) is 4.39 Å². The summed E-state index contributed by atoms with van der Waals surface area (Å²) in [6, 6.07) is 17.7. The van der Waals surface area contributed by atoms with Crippen LogP contribution in [0.3, 0.4) is 0 Å². The minimum absolute atomic E-state index is 0.199. The Morgan fingerprint density at radius 2 is 1.69 bits per heavy atom. The van der Waals surface area contributed by atoms with Crippen LogP contribution in [0.2, 0.25) is 0 Å². The fourth-order valence-electron chi connectivity index (χ4n) is 3.33. The van der Waals surface area contributed by atoms with Crippen LogP contribution in [0.5, 0.6) is 11.5 Å². The molecule has 0 spiro atoms. The Morgan fingerprint density at radius 3 is 2.33 bits per heavy atom. The van der Waals surface area contributed by atoms with E-state index in [9.17, 15) is 14.0 Å². The molecule has 7 nitrogen and oxygen atoms in total. The molecule has 36 heavy (non-hydrogen) atoms. The monoisotopic (exact) mass is 491 g/mol. The molecule has 3 rings (SSSR count). The highest BCUT2D eigenvalue weighted by molar-refractivity contribution is 5.97. The number of amides is 2. The maximum atomic E-state index is 13.1. The summed E-state index contributed by atoms with van der Waals surface area (Å²) in [5.41, 5.74) is 5.64. The number of hydrazone groups is 1. The zero-order valence-electron chi connectivity index (χ0n) is 20.7. The maximum absolute atomic E-state index is 13.1. The van der Waals surface area contributed by atoms with Crippen molar-refractivity contribution < 1.29 is 23.5 Å². The van der Waals surface area contributed by atoms with E-state index in [1.807, 2.05) is 31.2 Å². The van der Waals surface area contributed by atoms with Gasteiger partial charge < -0.3 is 14.8 Å². The second kappa shape index (κ2) is 12.5. The highest BCUT2D eigenvalue weighted by atomic mass is 19.1. The van der Waals surface area contributed by atoms with Crippen molar-refractivity contribution in [2.45, 2.75) is 33.4 Å². The SMILES string of the molecule is COc1cc(C=NNC(=O)C(NC(=O)c2ccc(F)cc2)C(C)C)ccc1OCc1ccc(C)cc1. The van der Waals surface area contributed by atoms with Gasteiger partial charge in [0, 0.05) is 5.56 Å². The third-order valence-corrected chi connectivity index (χ3v) is 5.43. The van der Waals surface area contributed by atoms with Gasteiger partial charge in [0.15, 0.2) is 11.5 Å². The van der Waals surface area contributed by atoms with E-state index in [0.717, 1.165) is 5.56 Å². The number of nitrogens with one attached hydrogen (secondary N) is 2. The molecule has 0 heterocycles. The summed E-state index contributed by atoms with van der Waals surface area (Å²) >= 11 is 0. The van der Waals surface area contributed by atoms with Crippen molar-refractivity contribution >= 4 is 18.0 Å². The van der Waals surface area contributed by atoms with E-state index >= 15 is 0 Å². The third kappa shape index (κ3) is 7.40. The predicted octanol–water partition coefficient (Wildman–Crippen LogP) is 4.63. The number of aryl methyl sites for hydroxylation is 1. The molecule has 0 saturated carbocycles. The molecule has 188 valence electrons. The minimum atomic E-state index is -0.827. The van der Waals surface area contributed by atoms with Gasteiger partial charge in [-0.05, 0) is 66.4 Å². The van der Waals surface area contributed by atoms with Crippen LogP contribution < -0.4 is 20.2 Å². The third-order valence-electron chi connectivity index (χ3n) is 5.43. The molecule has 0 radical (unpaired) electrons. The topological polar surface area (TPSA) is 89.0 Å². The van der Waals surface area contributed by atoms with Crippen molar-refractivity contribution in [3.8, 4) is 11.5 Å². The molecule has 0 aliphatic rings. The first kappa shape index (κ1) is 26.4. The standard InChI is InChI=1S/C28H30FN3O4/c1-18(2)26(31-27(33)22-10-12-23(29)13-11-22)28(34)32-30-16-21-9-14-24(25(15-21)35-4)36-17-20-7-5-19(3)6-8-20/h5-16,18,26H,17H2,1-4H3,(H,31,33)(H,32,34). The Hall–Kier alpha value is -4.20. The van der Waals surface area contributed by atoms with Crippen LogP contribution in [0.25, 0.3) is 0 Å². The number of nitrogens with zero attached hydrogens (tertiary/aromatic N) is 1. The summed E-state index contributed by atoms with van der Waals surface area (Å²) in [4.78, 5) is 25.1. The summed E-state index contributed by atoms with van der Waals surface area (Å²) in [5.74, 6) is -0.469. The Bertz CT molecular complexity index is 1210. The molecular weight excluding hydrogens is 461 g/mol. The lowest BCUT2D eigenvalue weighted by molar-refractivity contribution is -0.123. The van der Waals surface area contributed by atoms with Crippen LogP contribution in [0.15, 0.2) is 71.8 Å². The van der Waals surface area contributed by atoms with Gasteiger partial charge in [-0.3, -0.25) is 9.59 Å². The fourth-order valence-corrected chi connectivity index (χ4v) is 3.33. The van der Waals surface area contributed by atoms with E-state index in [1.54, 1.807) is 39.2 Å². The second-order valence-corrected chi connectivity index (χ2v) is 8.62. The van der Waals surface area contributed by atoms with Crippen LogP contribution in [-0.2, 0) is 11.4 Å². The van der Waals surface area contributed by atoms with Gasteiger partial charge in [-0.1, -0.05) is 43.7 Å². The number of carbonyl (C=O) groups is 2. The van der Waals surface area contributed by atoms with Crippen molar-refractivity contribution in [2.75, 3.05) is 7.11 Å². The van der Waals surface area contributed by atoms with E-state index in [0.29, 0.717) is 23.7 Å². The molecule has 3 aromatic carbocycles. The molecule has 2 N–H and O–H groups in total. The van der Waals surface area contributed by atoms with Crippen molar-refractivity contribution in [3.05, 3.63) is 94.8 Å². The maximum Gasteiger partial charge on any atom is 0.262 e. The van der Waals surface area contributed by atoms with Gasteiger partial charge in [0.2, 0.25) is 0 Å². The van der Waals surface area contributed by atoms with Gasteiger partial charge in [0.05, 0.1) is 13.3 Å². The minimum Gasteiger partial charge on any atom is -0.493 e. The molecule has 0 bridgehead atoms. The van der Waals surface area contributed by atoms with Crippen molar-refractivity contribution in [2.24, 2.45) is 11.0 Å². The van der Waals surface area contributed by atoms with Gasteiger partial charge in [-0.25, -0.2) is 9.82 Å². The first-order valence-corrected chi connectivity index (χ1v) is 11.5. The van der Waals surface area contributed by atoms with Crippen molar-refractivity contribution in [1.82, 2.24) is 10.7 Å². The number of carbonyl (C=O) groups excluding carboxylic acids is 2. The quantitative estimate of drug-likeness (QED) is 0.320. The van der Waals surface area contributed by atoms with Crippen molar-refractivity contribution in [1.29, 1.82) is 0 Å². The summed E-state index contributed by atoms with van der Waals surface area (Å²) in [7, 11) is 1.55. The summed E-state index contributed by atoms with van der Waals surface area (Å²) < 4.78 is 24.4. The van der Waals surface area contributed by atoms with Crippen LogP contribution in [-0.4, -0.2) is 31.2 Å². The second-order valence-electron chi connectivity index (χ2n) is 8.62. The first-order valence-electron chi connectivity index (χ1n) is 11.5. The smallest absolute Gasteiger partial charge is 0.262 e. The van der Waals surface area contributed by atoms with E-state index < -0.39 is 23.7 Å². The van der Waals surface area contributed by atoms with E-state index in [2.05, 4.69) is 15.8 Å². The lowest BCUT2D eigenvalue weighted by Gasteiger charge is -2.20. The predicted molar refractivity (Wildman–Crippen MR) is 137 cm³/mol. The van der Waals surface area contributed by atoms with Crippen molar-refractivity contribution in [3.63, 3.8) is 0 Å². The Kier molecular flexibility index (Phi) is 9.16. The molecule has 0 aliphatic carbocycles. The first-order chi connectivity index (χ1) is 17.3. The van der Waals surface area contributed by atoms with E-state index in [4.69, 9.17) is 9.47 Å². The number of hydrogen-bond acceptors (Lipinski definition) is 5. The lowest BCUT2D eigenvalue weighted by Crippen LogP contribution is -2.48. The zero-order valence-corrected chi connectivity index (χ0v) is 20.7. The summed E-state index contributed by atoms with van der Waals surface area (Å²) in [6.07, 6.45) is 1.48. The lowest BCUT2D eigenvalue weighted by atomic mass is 10.0.